The molecule has 5 heteroatoms. The Kier molecular flexibility index (Phi) is 3.25. The van der Waals surface area contributed by atoms with Crippen molar-refractivity contribution in [2.45, 2.75) is 50.9 Å². The highest BCUT2D eigenvalue weighted by Crippen LogP contribution is 2.31. The molecule has 5 nitrogen and oxygen atoms in total. The van der Waals surface area contributed by atoms with Crippen LogP contribution in [0.15, 0.2) is 0 Å². The summed E-state index contributed by atoms with van der Waals surface area (Å²) in [6.45, 7) is 5.10. The van der Waals surface area contributed by atoms with Gasteiger partial charge in [0.15, 0.2) is 0 Å². The van der Waals surface area contributed by atoms with Crippen molar-refractivity contribution >= 4 is 6.09 Å². The van der Waals surface area contributed by atoms with Crippen molar-refractivity contribution in [3.05, 3.63) is 0 Å². The molecule has 1 fully saturated rings. The first-order valence-electron chi connectivity index (χ1n) is 5.07. The molecule has 0 aromatic rings. The van der Waals surface area contributed by atoms with Crippen molar-refractivity contribution in [1.29, 1.82) is 0 Å². The standard InChI is InChI=1S/C10H19NO4/c1-9(2,3)15-8(13)11-7-4-10(14,5-7)6-12/h7,12,14H,4-6H2,1-3H3,(H,11,13)/t7-,10-. The predicted octanol–water partition coefficient (Wildman–Crippen LogP) is 0.397. The smallest absolute Gasteiger partial charge is 0.407 e. The van der Waals surface area contributed by atoms with Gasteiger partial charge in [-0.2, -0.15) is 0 Å². The zero-order valence-electron chi connectivity index (χ0n) is 9.41. The lowest BCUT2D eigenvalue weighted by atomic mass is 9.76. The van der Waals surface area contributed by atoms with Crippen LogP contribution in [0.1, 0.15) is 33.6 Å². The third kappa shape index (κ3) is 3.68. The molecule has 0 aromatic carbocycles. The lowest BCUT2D eigenvalue weighted by Crippen LogP contribution is -2.57. The number of ether oxygens (including phenoxy) is 1. The van der Waals surface area contributed by atoms with E-state index < -0.39 is 17.3 Å². The molecule has 3 N–H and O–H groups in total. The van der Waals surface area contributed by atoms with Crippen molar-refractivity contribution in [3.63, 3.8) is 0 Å². The highest BCUT2D eigenvalue weighted by atomic mass is 16.6. The summed E-state index contributed by atoms with van der Waals surface area (Å²) >= 11 is 0. The molecular weight excluding hydrogens is 198 g/mol. The molecule has 1 amide bonds. The molecule has 0 radical (unpaired) electrons. The molecule has 0 atom stereocenters. The molecule has 0 spiro atoms. The third-order valence-corrected chi connectivity index (χ3v) is 2.27. The van der Waals surface area contributed by atoms with E-state index in [1.807, 2.05) is 0 Å². The monoisotopic (exact) mass is 217 g/mol. The average molecular weight is 217 g/mol. The largest absolute Gasteiger partial charge is 0.444 e. The fraction of sp³-hybridized carbons (Fsp3) is 0.900. The molecule has 15 heavy (non-hydrogen) atoms. The Morgan fingerprint density at radius 1 is 1.53 bits per heavy atom. The number of aliphatic hydroxyl groups excluding tert-OH is 1. The molecule has 1 rings (SSSR count). The van der Waals surface area contributed by atoms with Crippen LogP contribution in [-0.2, 0) is 4.74 Å². The van der Waals surface area contributed by atoms with Crippen LogP contribution in [0.5, 0.6) is 0 Å². The third-order valence-electron chi connectivity index (χ3n) is 2.27. The van der Waals surface area contributed by atoms with Gasteiger partial charge in [-0.05, 0) is 33.6 Å². The van der Waals surface area contributed by atoms with Gasteiger partial charge in [0.1, 0.15) is 5.60 Å². The van der Waals surface area contributed by atoms with Gasteiger partial charge in [0.25, 0.3) is 0 Å². The summed E-state index contributed by atoms with van der Waals surface area (Å²) < 4.78 is 5.05. The molecule has 1 saturated carbocycles. The van der Waals surface area contributed by atoms with Crippen molar-refractivity contribution in [3.8, 4) is 0 Å². The Morgan fingerprint density at radius 3 is 2.47 bits per heavy atom. The van der Waals surface area contributed by atoms with E-state index in [0.29, 0.717) is 12.8 Å². The lowest BCUT2D eigenvalue weighted by Gasteiger charge is -2.42. The normalized spacial score (nSPS) is 30.6. The number of amides is 1. The summed E-state index contributed by atoms with van der Waals surface area (Å²) in [6.07, 6.45) is 0.276. The van der Waals surface area contributed by atoms with Crippen LogP contribution in [0.4, 0.5) is 4.79 Å². The van der Waals surface area contributed by atoms with Crippen molar-refractivity contribution in [2.75, 3.05) is 6.61 Å². The predicted molar refractivity (Wildman–Crippen MR) is 54.4 cm³/mol. The van der Waals surface area contributed by atoms with E-state index in [4.69, 9.17) is 9.84 Å². The van der Waals surface area contributed by atoms with Crippen molar-refractivity contribution < 1.29 is 19.7 Å². The van der Waals surface area contributed by atoms with Crippen LogP contribution in [-0.4, -0.2) is 40.2 Å². The van der Waals surface area contributed by atoms with Gasteiger partial charge in [0.05, 0.1) is 12.2 Å². The first-order valence-corrected chi connectivity index (χ1v) is 5.07. The number of aliphatic hydroxyl groups is 2. The molecule has 1 aliphatic carbocycles. The number of carbonyl (C=O) groups is 1. The van der Waals surface area contributed by atoms with Crippen LogP contribution < -0.4 is 5.32 Å². The Balaban J connectivity index is 2.25. The average Bonchev–Trinajstić information content (AvgIpc) is 1.97. The molecule has 0 heterocycles. The van der Waals surface area contributed by atoms with Gasteiger partial charge in [0, 0.05) is 6.04 Å². The fourth-order valence-corrected chi connectivity index (χ4v) is 1.56. The van der Waals surface area contributed by atoms with Crippen LogP contribution in [0.2, 0.25) is 0 Å². The minimum absolute atomic E-state index is 0.100. The topological polar surface area (TPSA) is 78.8 Å². The summed E-state index contributed by atoms with van der Waals surface area (Å²) in [5.74, 6) is 0. The van der Waals surface area contributed by atoms with Crippen molar-refractivity contribution in [1.82, 2.24) is 5.32 Å². The number of nitrogens with one attached hydrogen (secondary N) is 1. The fourth-order valence-electron chi connectivity index (χ4n) is 1.56. The van der Waals surface area contributed by atoms with E-state index in [2.05, 4.69) is 5.32 Å². The maximum atomic E-state index is 11.3. The Hall–Kier alpha value is -0.810. The minimum atomic E-state index is -1.01. The van der Waals surface area contributed by atoms with E-state index in [1.165, 1.54) is 0 Å². The van der Waals surface area contributed by atoms with Crippen LogP contribution in [0, 0.1) is 0 Å². The van der Waals surface area contributed by atoms with Gasteiger partial charge in [-0.1, -0.05) is 0 Å². The second-order valence-electron chi connectivity index (χ2n) is 5.13. The maximum absolute atomic E-state index is 11.3. The van der Waals surface area contributed by atoms with Crippen LogP contribution in [0.25, 0.3) is 0 Å². The zero-order valence-corrected chi connectivity index (χ0v) is 9.41. The molecule has 0 unspecified atom stereocenters. The number of hydrogen-bond donors (Lipinski definition) is 3. The first-order chi connectivity index (χ1) is 6.74. The number of hydrogen-bond acceptors (Lipinski definition) is 4. The Bertz CT molecular complexity index is 240. The van der Waals surface area contributed by atoms with E-state index in [0.717, 1.165) is 0 Å². The zero-order chi connectivity index (χ0) is 11.7. The van der Waals surface area contributed by atoms with Gasteiger partial charge in [-0.15, -0.1) is 0 Å². The second-order valence-corrected chi connectivity index (χ2v) is 5.13. The molecule has 0 aromatic heterocycles. The molecule has 0 aliphatic heterocycles. The Morgan fingerprint density at radius 2 is 2.07 bits per heavy atom. The maximum Gasteiger partial charge on any atom is 0.407 e. The van der Waals surface area contributed by atoms with E-state index in [9.17, 15) is 9.90 Å². The van der Waals surface area contributed by atoms with E-state index >= 15 is 0 Å². The quantitative estimate of drug-likeness (QED) is 0.625. The van der Waals surface area contributed by atoms with Gasteiger partial charge < -0.3 is 20.3 Å². The summed E-state index contributed by atoms with van der Waals surface area (Å²) in [5, 5.41) is 20.9. The van der Waals surface area contributed by atoms with E-state index in [1.54, 1.807) is 20.8 Å². The van der Waals surface area contributed by atoms with Gasteiger partial charge in [-0.25, -0.2) is 4.79 Å². The van der Waals surface area contributed by atoms with E-state index in [-0.39, 0.29) is 12.6 Å². The minimum Gasteiger partial charge on any atom is -0.444 e. The number of rotatable bonds is 2. The highest BCUT2D eigenvalue weighted by Gasteiger charge is 2.43. The van der Waals surface area contributed by atoms with Crippen LogP contribution in [0.3, 0.4) is 0 Å². The van der Waals surface area contributed by atoms with Gasteiger partial charge in [-0.3, -0.25) is 0 Å². The van der Waals surface area contributed by atoms with Crippen LogP contribution >= 0.6 is 0 Å². The second kappa shape index (κ2) is 3.98. The molecule has 1 aliphatic rings. The van der Waals surface area contributed by atoms with Crippen molar-refractivity contribution in [2.24, 2.45) is 0 Å². The first kappa shape index (κ1) is 12.3. The number of alkyl carbamates (subject to hydrolysis) is 1. The summed E-state index contributed by atoms with van der Waals surface area (Å²) in [5.41, 5.74) is -1.53. The Labute approximate surface area is 89.4 Å². The lowest BCUT2D eigenvalue weighted by molar-refractivity contribution is -0.0916. The summed E-state index contributed by atoms with van der Waals surface area (Å²) in [4.78, 5) is 11.3. The summed E-state index contributed by atoms with van der Waals surface area (Å²) in [6, 6.07) is -0.100. The molecule has 88 valence electrons. The molecule has 0 bridgehead atoms. The highest BCUT2D eigenvalue weighted by molar-refractivity contribution is 5.68. The molecule has 0 saturated heterocycles. The van der Waals surface area contributed by atoms with Gasteiger partial charge >= 0.3 is 6.09 Å². The number of carbonyl (C=O) groups excluding carboxylic acids is 1. The summed E-state index contributed by atoms with van der Waals surface area (Å²) in [7, 11) is 0. The molecular formula is C10H19NO4. The SMILES string of the molecule is CC(C)(C)OC(=O)N[C@H]1C[C@@](O)(CO)C1. The van der Waals surface area contributed by atoms with Gasteiger partial charge in [0.2, 0.25) is 0 Å².